The minimum Gasteiger partial charge on any atom is -0.373 e. The molecule has 6 nitrogen and oxygen atoms in total. The van der Waals surface area contributed by atoms with E-state index in [1.165, 1.54) is 0 Å². The SMILES string of the molecule is CC.CC.CC(C)(C)COC(C)(C)CNC(=O)c1ccc2nonc2c1. The molecule has 0 bridgehead atoms. The van der Waals surface area contributed by atoms with Crippen LogP contribution in [0.25, 0.3) is 11.0 Å². The molecule has 0 aliphatic carbocycles. The van der Waals surface area contributed by atoms with Crippen molar-refractivity contribution in [3.63, 3.8) is 0 Å². The number of carbonyl (C=O) groups is 1. The summed E-state index contributed by atoms with van der Waals surface area (Å²) in [5, 5.41) is 10.3. The first-order chi connectivity index (χ1) is 12.2. The van der Waals surface area contributed by atoms with Crippen molar-refractivity contribution in [2.24, 2.45) is 5.41 Å². The highest BCUT2D eigenvalue weighted by molar-refractivity contribution is 5.97. The Morgan fingerprint density at radius 3 is 2.19 bits per heavy atom. The molecule has 26 heavy (non-hydrogen) atoms. The monoisotopic (exact) mass is 365 g/mol. The Bertz CT molecular complexity index is 658. The molecule has 0 radical (unpaired) electrons. The number of rotatable bonds is 5. The van der Waals surface area contributed by atoms with Gasteiger partial charge in [0.05, 0.1) is 12.2 Å². The number of hydrogen-bond donors (Lipinski definition) is 1. The normalized spacial score (nSPS) is 11.1. The molecule has 0 spiro atoms. The molecule has 0 saturated carbocycles. The second kappa shape index (κ2) is 10.9. The largest absolute Gasteiger partial charge is 0.373 e. The van der Waals surface area contributed by atoms with Gasteiger partial charge in [0.2, 0.25) is 0 Å². The van der Waals surface area contributed by atoms with E-state index < -0.39 is 5.60 Å². The number of fused-ring (bicyclic) bond motifs is 1. The van der Waals surface area contributed by atoms with Crippen LogP contribution in [0.15, 0.2) is 22.8 Å². The molecule has 148 valence electrons. The van der Waals surface area contributed by atoms with Gasteiger partial charge in [0.1, 0.15) is 11.0 Å². The summed E-state index contributed by atoms with van der Waals surface area (Å²) in [6, 6.07) is 5.07. The smallest absolute Gasteiger partial charge is 0.251 e. The van der Waals surface area contributed by atoms with Crippen molar-refractivity contribution in [3.8, 4) is 0 Å². The van der Waals surface area contributed by atoms with E-state index in [2.05, 4.69) is 41.0 Å². The Morgan fingerprint density at radius 2 is 1.62 bits per heavy atom. The third-order valence-corrected chi connectivity index (χ3v) is 3.09. The first-order valence-electron chi connectivity index (χ1n) is 9.31. The highest BCUT2D eigenvalue weighted by Gasteiger charge is 2.23. The van der Waals surface area contributed by atoms with E-state index in [0.717, 1.165) is 0 Å². The van der Waals surface area contributed by atoms with Crippen molar-refractivity contribution in [2.45, 2.75) is 67.9 Å². The molecule has 0 saturated heterocycles. The van der Waals surface area contributed by atoms with Gasteiger partial charge in [-0.05, 0) is 47.8 Å². The minimum absolute atomic E-state index is 0.0896. The maximum absolute atomic E-state index is 12.2. The Kier molecular flexibility index (Phi) is 10.1. The summed E-state index contributed by atoms with van der Waals surface area (Å²) in [4.78, 5) is 12.2. The first kappa shape index (κ1) is 24.1. The number of nitrogens with one attached hydrogen (secondary N) is 1. The zero-order chi connectivity index (χ0) is 20.4. The van der Waals surface area contributed by atoms with E-state index in [1.54, 1.807) is 18.2 Å². The maximum Gasteiger partial charge on any atom is 0.251 e. The number of hydrogen-bond acceptors (Lipinski definition) is 5. The van der Waals surface area contributed by atoms with Crippen molar-refractivity contribution in [1.82, 2.24) is 15.6 Å². The number of ether oxygens (including phenoxy) is 1. The third-order valence-electron chi connectivity index (χ3n) is 3.09. The number of amides is 1. The van der Waals surface area contributed by atoms with E-state index in [4.69, 9.17) is 4.74 Å². The molecule has 1 heterocycles. The lowest BCUT2D eigenvalue weighted by Crippen LogP contribution is -2.42. The van der Waals surface area contributed by atoms with Crippen LogP contribution in [0, 0.1) is 5.41 Å². The van der Waals surface area contributed by atoms with Crippen LogP contribution < -0.4 is 5.32 Å². The fourth-order valence-corrected chi connectivity index (χ4v) is 1.78. The molecule has 1 aromatic heterocycles. The minimum atomic E-state index is -0.428. The number of carbonyl (C=O) groups excluding carboxylic acids is 1. The molecule has 0 fully saturated rings. The van der Waals surface area contributed by atoms with E-state index in [-0.39, 0.29) is 11.3 Å². The second-order valence-corrected chi connectivity index (χ2v) is 7.26. The number of aromatic nitrogens is 2. The van der Waals surface area contributed by atoms with Gasteiger partial charge in [0, 0.05) is 12.1 Å². The lowest BCUT2D eigenvalue weighted by atomic mass is 9.98. The molecule has 0 aliphatic rings. The molecule has 2 rings (SSSR count). The summed E-state index contributed by atoms with van der Waals surface area (Å²) in [7, 11) is 0. The van der Waals surface area contributed by atoms with Gasteiger partial charge in [-0.3, -0.25) is 4.79 Å². The average Bonchev–Trinajstić information content (AvgIpc) is 3.09. The summed E-state index contributed by atoms with van der Waals surface area (Å²) < 4.78 is 10.5. The van der Waals surface area contributed by atoms with E-state index in [0.29, 0.717) is 29.7 Å². The molecular formula is C20H35N3O3. The summed E-state index contributed by atoms with van der Waals surface area (Å²) >= 11 is 0. The highest BCUT2D eigenvalue weighted by atomic mass is 16.6. The molecular weight excluding hydrogens is 330 g/mol. The van der Waals surface area contributed by atoms with Crippen LogP contribution in [-0.2, 0) is 4.74 Å². The van der Waals surface area contributed by atoms with Gasteiger partial charge in [-0.25, -0.2) is 4.63 Å². The molecule has 1 aromatic carbocycles. The summed E-state index contributed by atoms with van der Waals surface area (Å²) in [5.41, 5.74) is 1.38. The molecule has 6 heteroatoms. The lowest BCUT2D eigenvalue weighted by molar-refractivity contribution is -0.0479. The predicted molar refractivity (Wildman–Crippen MR) is 106 cm³/mol. The van der Waals surface area contributed by atoms with E-state index in [1.807, 2.05) is 41.5 Å². The Balaban J connectivity index is 0.00000146. The standard InChI is InChI=1S/C16H23N3O3.2C2H6/c1-15(2,3)10-21-16(4,5)9-17-14(20)11-6-7-12-13(8-11)19-22-18-12;2*1-2/h6-8H,9-10H2,1-5H3,(H,17,20);2*1-2H3. The van der Waals surface area contributed by atoms with Crippen LogP contribution in [-0.4, -0.2) is 35.0 Å². The van der Waals surface area contributed by atoms with Crippen LogP contribution in [0.3, 0.4) is 0 Å². The van der Waals surface area contributed by atoms with Crippen molar-refractivity contribution >= 4 is 16.9 Å². The van der Waals surface area contributed by atoms with E-state index >= 15 is 0 Å². The van der Waals surface area contributed by atoms with E-state index in [9.17, 15) is 4.79 Å². The van der Waals surface area contributed by atoms with Gasteiger partial charge in [-0.2, -0.15) is 0 Å². The Morgan fingerprint density at radius 1 is 1.04 bits per heavy atom. The van der Waals surface area contributed by atoms with Crippen LogP contribution >= 0.6 is 0 Å². The molecule has 0 aliphatic heterocycles. The van der Waals surface area contributed by atoms with Gasteiger partial charge in [-0.1, -0.05) is 48.5 Å². The quantitative estimate of drug-likeness (QED) is 0.820. The molecule has 1 amide bonds. The molecule has 0 atom stereocenters. The van der Waals surface area contributed by atoms with Crippen LogP contribution in [0.2, 0.25) is 0 Å². The van der Waals surface area contributed by atoms with Crippen molar-refractivity contribution < 1.29 is 14.2 Å². The molecule has 1 N–H and O–H groups in total. The van der Waals surface area contributed by atoms with Gasteiger partial charge in [0.15, 0.2) is 0 Å². The highest BCUT2D eigenvalue weighted by Crippen LogP contribution is 2.18. The fraction of sp³-hybridized carbons (Fsp3) is 0.650. The second-order valence-electron chi connectivity index (χ2n) is 7.26. The third kappa shape index (κ3) is 8.43. The van der Waals surface area contributed by atoms with Crippen molar-refractivity contribution in [3.05, 3.63) is 23.8 Å². The van der Waals surface area contributed by atoms with Crippen molar-refractivity contribution in [2.75, 3.05) is 13.2 Å². The molecule has 2 aromatic rings. The predicted octanol–water partition coefficient (Wildman–Crippen LogP) is 4.85. The fourth-order valence-electron chi connectivity index (χ4n) is 1.78. The first-order valence-corrected chi connectivity index (χ1v) is 9.31. The summed E-state index contributed by atoms with van der Waals surface area (Å²) in [5.74, 6) is -0.169. The van der Waals surface area contributed by atoms with Gasteiger partial charge < -0.3 is 10.1 Å². The van der Waals surface area contributed by atoms with Crippen molar-refractivity contribution in [1.29, 1.82) is 0 Å². The number of nitrogens with zero attached hydrogens (tertiary/aromatic N) is 2. The van der Waals surface area contributed by atoms with Crippen LogP contribution in [0.5, 0.6) is 0 Å². The van der Waals surface area contributed by atoms with Crippen LogP contribution in [0.4, 0.5) is 0 Å². The molecule has 0 unspecified atom stereocenters. The topological polar surface area (TPSA) is 77.2 Å². The van der Waals surface area contributed by atoms with Gasteiger partial charge >= 0.3 is 0 Å². The van der Waals surface area contributed by atoms with Gasteiger partial charge in [-0.15, -0.1) is 0 Å². The zero-order valence-corrected chi connectivity index (χ0v) is 17.8. The van der Waals surface area contributed by atoms with Gasteiger partial charge in [0.25, 0.3) is 5.91 Å². The maximum atomic E-state index is 12.2. The van der Waals surface area contributed by atoms with Crippen LogP contribution in [0.1, 0.15) is 72.7 Å². The summed E-state index contributed by atoms with van der Waals surface area (Å²) in [6.45, 7) is 19.3. The Labute approximate surface area is 157 Å². The average molecular weight is 366 g/mol. The zero-order valence-electron chi connectivity index (χ0n) is 17.8. The summed E-state index contributed by atoms with van der Waals surface area (Å²) in [6.07, 6.45) is 0. The lowest BCUT2D eigenvalue weighted by Gasteiger charge is -2.30. The number of benzene rings is 1. The Hall–Kier alpha value is -1.95.